The molecule has 2 N–H and O–H groups in total. The predicted molar refractivity (Wildman–Crippen MR) is 75.7 cm³/mol. The largest absolute Gasteiger partial charge is 0.394 e. The molecule has 1 aliphatic carbocycles. The molecule has 0 aromatic carbocycles. The molecule has 1 saturated heterocycles. The second kappa shape index (κ2) is 5.89. The average Bonchev–Trinajstić information content (AvgIpc) is 3.16. The van der Waals surface area contributed by atoms with Crippen LogP contribution in [0.5, 0.6) is 0 Å². The van der Waals surface area contributed by atoms with E-state index in [0.717, 1.165) is 19.0 Å². The standard InChI is InChI=1S/C15H30N2O/c1-4-16-15(11-18,14-5-6-14)10-17-8-7-12(2)9-13(17)3/h12-14,16,18H,4-11H2,1-3H3. The van der Waals surface area contributed by atoms with Gasteiger partial charge in [0.25, 0.3) is 0 Å². The number of nitrogens with one attached hydrogen (secondary N) is 1. The molecule has 2 fully saturated rings. The van der Waals surface area contributed by atoms with Gasteiger partial charge in [0.2, 0.25) is 0 Å². The first kappa shape index (κ1) is 14.3. The van der Waals surface area contributed by atoms with Crippen molar-refractivity contribution >= 4 is 0 Å². The Morgan fingerprint density at radius 1 is 1.28 bits per heavy atom. The molecule has 18 heavy (non-hydrogen) atoms. The van der Waals surface area contributed by atoms with Crippen LogP contribution in [0.1, 0.15) is 46.5 Å². The van der Waals surface area contributed by atoms with Crippen molar-refractivity contribution in [1.82, 2.24) is 10.2 Å². The number of rotatable bonds is 6. The zero-order valence-corrected chi connectivity index (χ0v) is 12.3. The number of likely N-dealkylation sites (tertiary alicyclic amines) is 1. The van der Waals surface area contributed by atoms with E-state index < -0.39 is 0 Å². The minimum Gasteiger partial charge on any atom is -0.394 e. The van der Waals surface area contributed by atoms with Crippen LogP contribution in [0.25, 0.3) is 0 Å². The third-order valence-electron chi connectivity index (χ3n) is 4.93. The Morgan fingerprint density at radius 3 is 2.50 bits per heavy atom. The van der Waals surface area contributed by atoms with Gasteiger partial charge in [0, 0.05) is 12.6 Å². The maximum Gasteiger partial charge on any atom is 0.0628 e. The molecule has 1 aliphatic heterocycles. The smallest absolute Gasteiger partial charge is 0.0628 e. The van der Waals surface area contributed by atoms with Crippen LogP contribution in [0.2, 0.25) is 0 Å². The number of nitrogens with zero attached hydrogens (tertiary/aromatic N) is 1. The van der Waals surface area contributed by atoms with Crippen LogP contribution in [-0.4, -0.2) is 47.8 Å². The van der Waals surface area contributed by atoms with E-state index in [0.29, 0.717) is 12.0 Å². The summed E-state index contributed by atoms with van der Waals surface area (Å²) in [6, 6.07) is 0.664. The molecule has 106 valence electrons. The van der Waals surface area contributed by atoms with Crippen molar-refractivity contribution in [3.63, 3.8) is 0 Å². The molecule has 0 bridgehead atoms. The number of aliphatic hydroxyl groups is 1. The molecule has 0 aromatic rings. The van der Waals surface area contributed by atoms with Crippen molar-refractivity contribution in [1.29, 1.82) is 0 Å². The Labute approximate surface area is 112 Å². The Morgan fingerprint density at radius 2 is 2.00 bits per heavy atom. The van der Waals surface area contributed by atoms with E-state index in [-0.39, 0.29) is 12.1 Å². The Bertz CT molecular complexity index is 267. The molecule has 0 amide bonds. The van der Waals surface area contributed by atoms with Crippen molar-refractivity contribution in [3.05, 3.63) is 0 Å². The lowest BCUT2D eigenvalue weighted by Crippen LogP contribution is -2.60. The molecule has 3 unspecified atom stereocenters. The number of piperidine rings is 1. The van der Waals surface area contributed by atoms with Gasteiger partial charge in [0.15, 0.2) is 0 Å². The zero-order chi connectivity index (χ0) is 13.2. The summed E-state index contributed by atoms with van der Waals surface area (Å²) in [4.78, 5) is 2.59. The molecular weight excluding hydrogens is 224 g/mol. The molecule has 3 nitrogen and oxygen atoms in total. The first-order valence-corrected chi connectivity index (χ1v) is 7.71. The summed E-state index contributed by atoms with van der Waals surface area (Å²) in [6.07, 6.45) is 5.18. The van der Waals surface area contributed by atoms with Crippen LogP contribution in [0, 0.1) is 11.8 Å². The van der Waals surface area contributed by atoms with Crippen molar-refractivity contribution in [2.24, 2.45) is 11.8 Å². The molecule has 0 radical (unpaired) electrons. The third kappa shape index (κ3) is 3.06. The van der Waals surface area contributed by atoms with Crippen molar-refractivity contribution in [2.75, 3.05) is 26.2 Å². The van der Waals surface area contributed by atoms with Gasteiger partial charge >= 0.3 is 0 Å². The predicted octanol–water partition coefficient (Wildman–Crippen LogP) is 1.86. The fourth-order valence-corrected chi connectivity index (χ4v) is 3.61. The summed E-state index contributed by atoms with van der Waals surface area (Å²) in [7, 11) is 0. The highest BCUT2D eigenvalue weighted by Crippen LogP contribution is 2.40. The van der Waals surface area contributed by atoms with Crippen LogP contribution in [0.3, 0.4) is 0 Å². The second-order valence-electron chi connectivity index (χ2n) is 6.57. The van der Waals surface area contributed by atoms with Gasteiger partial charge in [-0.3, -0.25) is 4.90 Å². The van der Waals surface area contributed by atoms with Crippen molar-refractivity contribution in [2.45, 2.75) is 58.0 Å². The number of hydrogen-bond donors (Lipinski definition) is 2. The van der Waals surface area contributed by atoms with Gasteiger partial charge in [-0.05, 0) is 57.5 Å². The first-order valence-electron chi connectivity index (χ1n) is 7.71. The van der Waals surface area contributed by atoms with Gasteiger partial charge in [-0.2, -0.15) is 0 Å². The van der Waals surface area contributed by atoms with E-state index in [9.17, 15) is 5.11 Å². The molecule has 0 aromatic heterocycles. The number of aliphatic hydroxyl groups excluding tert-OH is 1. The molecule has 2 rings (SSSR count). The second-order valence-corrected chi connectivity index (χ2v) is 6.57. The summed E-state index contributed by atoms with van der Waals surface area (Å²) in [5, 5.41) is 13.5. The van der Waals surface area contributed by atoms with E-state index >= 15 is 0 Å². The monoisotopic (exact) mass is 254 g/mol. The molecule has 3 atom stereocenters. The van der Waals surface area contributed by atoms with Gasteiger partial charge in [0.05, 0.1) is 12.1 Å². The lowest BCUT2D eigenvalue weighted by atomic mass is 9.88. The van der Waals surface area contributed by atoms with E-state index in [4.69, 9.17) is 0 Å². The molecule has 1 saturated carbocycles. The minimum absolute atomic E-state index is 0.0381. The molecule has 0 spiro atoms. The minimum atomic E-state index is -0.0381. The van der Waals surface area contributed by atoms with Gasteiger partial charge in [0.1, 0.15) is 0 Å². The summed E-state index contributed by atoms with van der Waals surface area (Å²) in [5.41, 5.74) is -0.0381. The Hall–Kier alpha value is -0.120. The van der Waals surface area contributed by atoms with Crippen LogP contribution in [0.4, 0.5) is 0 Å². The molecular formula is C15H30N2O. The fourth-order valence-electron chi connectivity index (χ4n) is 3.61. The maximum atomic E-state index is 9.90. The number of likely N-dealkylation sites (N-methyl/N-ethyl adjacent to an activating group) is 1. The quantitative estimate of drug-likeness (QED) is 0.759. The van der Waals surface area contributed by atoms with Crippen LogP contribution >= 0.6 is 0 Å². The maximum absolute atomic E-state index is 9.90. The van der Waals surface area contributed by atoms with Gasteiger partial charge in [-0.15, -0.1) is 0 Å². The van der Waals surface area contributed by atoms with E-state index in [1.165, 1.54) is 32.2 Å². The van der Waals surface area contributed by atoms with Crippen LogP contribution < -0.4 is 5.32 Å². The third-order valence-corrected chi connectivity index (χ3v) is 4.93. The molecule has 3 heteroatoms. The average molecular weight is 254 g/mol. The highest BCUT2D eigenvalue weighted by atomic mass is 16.3. The normalized spacial score (nSPS) is 33.3. The van der Waals surface area contributed by atoms with Crippen LogP contribution in [-0.2, 0) is 0 Å². The van der Waals surface area contributed by atoms with Crippen LogP contribution in [0.15, 0.2) is 0 Å². The first-order chi connectivity index (χ1) is 8.61. The Balaban J connectivity index is 1.99. The Kier molecular flexibility index (Phi) is 4.68. The highest BCUT2D eigenvalue weighted by molar-refractivity contribution is 5.03. The van der Waals surface area contributed by atoms with Gasteiger partial charge < -0.3 is 10.4 Å². The fraction of sp³-hybridized carbons (Fsp3) is 1.00. The number of hydrogen-bond acceptors (Lipinski definition) is 3. The zero-order valence-electron chi connectivity index (χ0n) is 12.3. The van der Waals surface area contributed by atoms with E-state index in [1.807, 2.05) is 0 Å². The summed E-state index contributed by atoms with van der Waals surface area (Å²) in [5.74, 6) is 1.55. The van der Waals surface area contributed by atoms with Crippen molar-refractivity contribution in [3.8, 4) is 0 Å². The van der Waals surface area contributed by atoms with E-state index in [1.54, 1.807) is 0 Å². The topological polar surface area (TPSA) is 35.5 Å². The summed E-state index contributed by atoms with van der Waals surface area (Å²) < 4.78 is 0. The van der Waals surface area contributed by atoms with Gasteiger partial charge in [-0.25, -0.2) is 0 Å². The molecule has 1 heterocycles. The lowest BCUT2D eigenvalue weighted by Gasteiger charge is -2.44. The molecule has 2 aliphatic rings. The SMILES string of the molecule is CCNC(CO)(CN1CCC(C)CC1C)C1CC1. The highest BCUT2D eigenvalue weighted by Gasteiger charge is 2.46. The van der Waals surface area contributed by atoms with E-state index in [2.05, 4.69) is 31.0 Å². The van der Waals surface area contributed by atoms with Gasteiger partial charge in [-0.1, -0.05) is 13.8 Å². The summed E-state index contributed by atoms with van der Waals surface area (Å²) >= 11 is 0. The lowest BCUT2D eigenvalue weighted by molar-refractivity contribution is 0.0490. The summed E-state index contributed by atoms with van der Waals surface area (Å²) in [6.45, 7) is 10.3. The van der Waals surface area contributed by atoms with Crippen molar-refractivity contribution < 1.29 is 5.11 Å².